The number of hydrogen-bond acceptors (Lipinski definition) is 5. The van der Waals surface area contributed by atoms with Gasteiger partial charge in [-0.1, -0.05) is 18.5 Å². The Hall–Kier alpha value is -1.46. The van der Waals surface area contributed by atoms with Gasteiger partial charge in [0.25, 0.3) is 0 Å². The van der Waals surface area contributed by atoms with Gasteiger partial charge in [-0.15, -0.1) is 0 Å². The lowest BCUT2D eigenvalue weighted by molar-refractivity contribution is -0.150. The number of nitrogens with one attached hydrogen (secondary N) is 1. The van der Waals surface area contributed by atoms with Gasteiger partial charge in [0.1, 0.15) is 0 Å². The largest absolute Gasteiger partial charge is 0.490 e. The summed E-state index contributed by atoms with van der Waals surface area (Å²) in [6.45, 7) is 9.78. The maximum Gasteiger partial charge on any atom is 0.347 e. The summed E-state index contributed by atoms with van der Waals surface area (Å²) < 4.78 is 16.2. The van der Waals surface area contributed by atoms with Crippen LogP contribution >= 0.6 is 11.6 Å². The van der Waals surface area contributed by atoms with E-state index in [9.17, 15) is 4.79 Å². The van der Waals surface area contributed by atoms with Crippen molar-refractivity contribution in [2.24, 2.45) is 0 Å². The lowest BCUT2D eigenvalue weighted by Gasteiger charge is -2.18. The van der Waals surface area contributed by atoms with Crippen LogP contribution in [0.4, 0.5) is 0 Å². The maximum absolute atomic E-state index is 11.7. The Labute approximate surface area is 143 Å². The average molecular weight is 344 g/mol. The smallest absolute Gasteiger partial charge is 0.347 e. The predicted octanol–water partition coefficient (Wildman–Crippen LogP) is 3.57. The van der Waals surface area contributed by atoms with Crippen molar-refractivity contribution in [3.63, 3.8) is 0 Å². The van der Waals surface area contributed by atoms with Crippen molar-refractivity contribution in [1.29, 1.82) is 0 Å². The minimum Gasteiger partial charge on any atom is -0.490 e. The van der Waals surface area contributed by atoms with Crippen LogP contribution in [0.25, 0.3) is 0 Å². The highest BCUT2D eigenvalue weighted by Crippen LogP contribution is 2.37. The summed E-state index contributed by atoms with van der Waals surface area (Å²) in [4.78, 5) is 11.7. The molecule has 23 heavy (non-hydrogen) atoms. The predicted molar refractivity (Wildman–Crippen MR) is 91.3 cm³/mol. The summed E-state index contributed by atoms with van der Waals surface area (Å²) in [6, 6.07) is 3.70. The molecule has 1 aromatic rings. The van der Waals surface area contributed by atoms with E-state index in [0.29, 0.717) is 36.3 Å². The number of carbonyl (C=O) groups is 1. The molecule has 0 saturated carbocycles. The van der Waals surface area contributed by atoms with Crippen LogP contribution in [-0.2, 0) is 16.1 Å². The van der Waals surface area contributed by atoms with Gasteiger partial charge in [-0.3, -0.25) is 0 Å². The molecule has 0 saturated heterocycles. The summed E-state index contributed by atoms with van der Waals surface area (Å²) in [6.07, 6.45) is 0.306. The van der Waals surface area contributed by atoms with Crippen molar-refractivity contribution in [3.8, 4) is 11.5 Å². The standard InChI is InChI=1S/C17H26ClNO4/c1-5-8-19-11-13-9-14(18)16(15(10-13)21-6-2)23-12(4)17(20)22-7-3/h9-10,12,19H,5-8,11H2,1-4H3. The second-order valence-electron chi connectivity index (χ2n) is 5.03. The lowest BCUT2D eigenvalue weighted by Crippen LogP contribution is -2.26. The molecule has 1 aromatic carbocycles. The quantitative estimate of drug-likeness (QED) is 0.520. The zero-order valence-corrected chi connectivity index (χ0v) is 15.0. The fourth-order valence-electron chi connectivity index (χ4n) is 1.99. The number of halogens is 1. The number of carbonyl (C=O) groups excluding carboxylic acids is 1. The molecular weight excluding hydrogens is 318 g/mol. The van der Waals surface area contributed by atoms with E-state index in [-0.39, 0.29) is 0 Å². The van der Waals surface area contributed by atoms with Crippen LogP contribution in [0, 0.1) is 0 Å². The molecule has 0 radical (unpaired) electrons. The normalized spacial score (nSPS) is 11.9. The maximum atomic E-state index is 11.7. The Morgan fingerprint density at radius 1 is 1.26 bits per heavy atom. The first-order chi connectivity index (χ1) is 11.0. The van der Waals surface area contributed by atoms with Gasteiger partial charge in [-0.25, -0.2) is 4.79 Å². The van der Waals surface area contributed by atoms with Crippen LogP contribution in [-0.4, -0.2) is 31.8 Å². The first kappa shape index (κ1) is 19.6. The van der Waals surface area contributed by atoms with E-state index in [0.717, 1.165) is 18.5 Å². The molecule has 0 amide bonds. The van der Waals surface area contributed by atoms with E-state index >= 15 is 0 Å². The van der Waals surface area contributed by atoms with Gasteiger partial charge in [0.15, 0.2) is 17.6 Å². The van der Waals surface area contributed by atoms with Crippen LogP contribution in [0.5, 0.6) is 11.5 Å². The van der Waals surface area contributed by atoms with Gasteiger partial charge in [-0.2, -0.15) is 0 Å². The van der Waals surface area contributed by atoms with Gasteiger partial charge in [0, 0.05) is 6.54 Å². The molecule has 0 aliphatic rings. The topological polar surface area (TPSA) is 56.8 Å². The highest BCUT2D eigenvalue weighted by Gasteiger charge is 2.21. The molecule has 5 nitrogen and oxygen atoms in total. The monoisotopic (exact) mass is 343 g/mol. The third-order valence-corrected chi connectivity index (χ3v) is 3.32. The number of hydrogen-bond donors (Lipinski definition) is 1. The first-order valence-corrected chi connectivity index (χ1v) is 8.40. The fraction of sp³-hybridized carbons (Fsp3) is 0.588. The van der Waals surface area contributed by atoms with Crippen LogP contribution in [0.3, 0.4) is 0 Å². The van der Waals surface area contributed by atoms with Crippen molar-refractivity contribution >= 4 is 17.6 Å². The van der Waals surface area contributed by atoms with Crippen LogP contribution in [0.1, 0.15) is 39.7 Å². The van der Waals surface area contributed by atoms with Crippen LogP contribution in [0.15, 0.2) is 12.1 Å². The van der Waals surface area contributed by atoms with Crippen LogP contribution < -0.4 is 14.8 Å². The van der Waals surface area contributed by atoms with Gasteiger partial charge in [-0.05, 0) is 51.4 Å². The third kappa shape index (κ3) is 6.28. The molecule has 1 N–H and O–H groups in total. The lowest BCUT2D eigenvalue weighted by atomic mass is 10.2. The van der Waals surface area contributed by atoms with E-state index in [1.54, 1.807) is 13.8 Å². The van der Waals surface area contributed by atoms with E-state index < -0.39 is 12.1 Å². The molecule has 130 valence electrons. The Morgan fingerprint density at radius 2 is 2.00 bits per heavy atom. The molecule has 0 bridgehead atoms. The highest BCUT2D eigenvalue weighted by molar-refractivity contribution is 6.32. The van der Waals surface area contributed by atoms with E-state index in [1.807, 2.05) is 19.1 Å². The van der Waals surface area contributed by atoms with E-state index in [1.165, 1.54) is 0 Å². The number of esters is 1. The van der Waals surface area contributed by atoms with Crippen molar-refractivity contribution in [2.45, 2.75) is 46.8 Å². The fourth-order valence-corrected chi connectivity index (χ4v) is 2.27. The van der Waals surface area contributed by atoms with Crippen molar-refractivity contribution in [1.82, 2.24) is 5.32 Å². The summed E-state index contributed by atoms with van der Waals surface area (Å²) >= 11 is 6.32. The molecule has 1 atom stereocenters. The zero-order valence-electron chi connectivity index (χ0n) is 14.3. The molecular formula is C17H26ClNO4. The molecule has 1 rings (SSSR count). The summed E-state index contributed by atoms with van der Waals surface area (Å²) in [7, 11) is 0. The molecule has 0 fully saturated rings. The highest BCUT2D eigenvalue weighted by atomic mass is 35.5. The van der Waals surface area contributed by atoms with Crippen molar-refractivity contribution in [2.75, 3.05) is 19.8 Å². The second-order valence-corrected chi connectivity index (χ2v) is 5.43. The summed E-state index contributed by atoms with van der Waals surface area (Å²) in [5.41, 5.74) is 1.00. The number of benzene rings is 1. The third-order valence-electron chi connectivity index (χ3n) is 3.04. The Morgan fingerprint density at radius 3 is 2.61 bits per heavy atom. The van der Waals surface area contributed by atoms with Gasteiger partial charge < -0.3 is 19.5 Å². The Bertz CT molecular complexity index is 508. The first-order valence-electron chi connectivity index (χ1n) is 8.02. The minimum absolute atomic E-state index is 0.306. The molecule has 0 aromatic heterocycles. The molecule has 6 heteroatoms. The second kappa shape index (κ2) is 10.3. The van der Waals surface area contributed by atoms with Gasteiger partial charge >= 0.3 is 5.97 Å². The van der Waals surface area contributed by atoms with Gasteiger partial charge in [0.05, 0.1) is 18.2 Å². The number of rotatable bonds is 10. The molecule has 1 unspecified atom stereocenters. The molecule has 0 aliphatic heterocycles. The summed E-state index contributed by atoms with van der Waals surface area (Å²) in [5, 5.41) is 3.73. The van der Waals surface area contributed by atoms with Crippen molar-refractivity contribution < 1.29 is 19.0 Å². The molecule has 0 heterocycles. The minimum atomic E-state index is -0.754. The van der Waals surface area contributed by atoms with E-state index in [2.05, 4.69) is 12.2 Å². The van der Waals surface area contributed by atoms with E-state index in [4.69, 9.17) is 25.8 Å². The van der Waals surface area contributed by atoms with Crippen LogP contribution in [0.2, 0.25) is 5.02 Å². The molecule has 0 spiro atoms. The number of ether oxygens (including phenoxy) is 3. The summed E-state index contributed by atoms with van der Waals surface area (Å²) in [5.74, 6) is 0.470. The van der Waals surface area contributed by atoms with Crippen molar-refractivity contribution in [3.05, 3.63) is 22.7 Å². The zero-order chi connectivity index (χ0) is 17.2. The Balaban J connectivity index is 2.94. The Kier molecular flexibility index (Phi) is 8.81. The molecule has 0 aliphatic carbocycles. The SMILES string of the molecule is CCCNCc1cc(Cl)c(OC(C)C(=O)OCC)c(OCC)c1. The average Bonchev–Trinajstić information content (AvgIpc) is 2.51. The van der Waals surface area contributed by atoms with Gasteiger partial charge in [0.2, 0.25) is 0 Å².